The lowest BCUT2D eigenvalue weighted by Gasteiger charge is -1.96. The molecule has 62 valence electrons. The predicted molar refractivity (Wildman–Crippen MR) is 42.9 cm³/mol. The van der Waals surface area contributed by atoms with Gasteiger partial charge in [0.25, 0.3) is 0 Å². The van der Waals surface area contributed by atoms with Crippen LogP contribution in [0.15, 0.2) is 10.6 Å². The van der Waals surface area contributed by atoms with E-state index in [1.807, 2.05) is 6.07 Å². The van der Waals surface area contributed by atoms with Crippen molar-refractivity contribution in [2.45, 2.75) is 26.8 Å². The van der Waals surface area contributed by atoms with Crippen molar-refractivity contribution in [1.29, 1.82) is 0 Å². The van der Waals surface area contributed by atoms with Crippen LogP contribution in [-0.4, -0.2) is 5.16 Å². The molecule has 0 fully saturated rings. The Morgan fingerprint density at radius 2 is 2.36 bits per heavy atom. The summed E-state index contributed by atoms with van der Waals surface area (Å²) in [5.41, 5.74) is 6.36. The van der Waals surface area contributed by atoms with Crippen molar-refractivity contribution in [3.8, 4) is 0 Å². The summed E-state index contributed by atoms with van der Waals surface area (Å²) in [5.74, 6) is 1.38. The van der Waals surface area contributed by atoms with Gasteiger partial charge in [0.15, 0.2) is 5.76 Å². The summed E-state index contributed by atoms with van der Waals surface area (Å²) in [6.07, 6.45) is 0.962. The number of nitrogens with zero attached hydrogens (tertiary/aromatic N) is 1. The molecule has 3 nitrogen and oxygen atoms in total. The van der Waals surface area contributed by atoms with Crippen LogP contribution in [-0.2, 0) is 13.0 Å². The van der Waals surface area contributed by atoms with Gasteiger partial charge in [-0.1, -0.05) is 19.0 Å². The van der Waals surface area contributed by atoms with E-state index in [2.05, 4.69) is 19.0 Å². The fourth-order valence-corrected chi connectivity index (χ4v) is 0.966. The fraction of sp³-hybridized carbons (Fsp3) is 0.625. The van der Waals surface area contributed by atoms with Crippen molar-refractivity contribution in [1.82, 2.24) is 5.16 Å². The van der Waals surface area contributed by atoms with E-state index >= 15 is 0 Å². The molecule has 0 aliphatic rings. The largest absolute Gasteiger partial charge is 0.360 e. The molecule has 0 saturated carbocycles. The molecule has 2 N–H and O–H groups in total. The maximum Gasteiger partial charge on any atom is 0.150 e. The first-order valence-electron chi connectivity index (χ1n) is 3.87. The first-order valence-corrected chi connectivity index (χ1v) is 3.87. The highest BCUT2D eigenvalue weighted by Crippen LogP contribution is 2.07. The highest BCUT2D eigenvalue weighted by molar-refractivity contribution is 5.05. The highest BCUT2D eigenvalue weighted by Gasteiger charge is 2.03. The Labute approximate surface area is 66.6 Å². The molecule has 0 atom stereocenters. The van der Waals surface area contributed by atoms with Crippen LogP contribution in [0, 0.1) is 5.92 Å². The fourth-order valence-electron chi connectivity index (χ4n) is 0.966. The second-order valence-electron chi connectivity index (χ2n) is 3.09. The first kappa shape index (κ1) is 8.27. The Morgan fingerprint density at radius 3 is 2.82 bits per heavy atom. The Kier molecular flexibility index (Phi) is 2.65. The summed E-state index contributed by atoms with van der Waals surface area (Å²) < 4.78 is 4.94. The van der Waals surface area contributed by atoms with E-state index in [9.17, 15) is 0 Å². The van der Waals surface area contributed by atoms with E-state index in [1.54, 1.807) is 0 Å². The van der Waals surface area contributed by atoms with Crippen LogP contribution in [0.25, 0.3) is 0 Å². The smallest absolute Gasteiger partial charge is 0.150 e. The Balaban J connectivity index is 2.58. The van der Waals surface area contributed by atoms with Crippen LogP contribution in [0.3, 0.4) is 0 Å². The second kappa shape index (κ2) is 3.53. The lowest BCUT2D eigenvalue weighted by atomic mass is 10.1. The molecule has 0 aliphatic carbocycles. The Morgan fingerprint density at radius 1 is 1.64 bits per heavy atom. The number of aromatic nitrogens is 1. The molecule has 11 heavy (non-hydrogen) atoms. The second-order valence-corrected chi connectivity index (χ2v) is 3.09. The molecule has 1 aromatic heterocycles. The van der Waals surface area contributed by atoms with Crippen molar-refractivity contribution < 1.29 is 4.52 Å². The predicted octanol–water partition coefficient (Wildman–Crippen LogP) is 1.33. The van der Waals surface area contributed by atoms with Gasteiger partial charge < -0.3 is 10.3 Å². The molecule has 0 bridgehead atoms. The van der Waals surface area contributed by atoms with E-state index in [0.29, 0.717) is 12.5 Å². The lowest BCUT2D eigenvalue weighted by molar-refractivity contribution is 0.375. The third-order valence-corrected chi connectivity index (χ3v) is 1.43. The summed E-state index contributed by atoms with van der Waals surface area (Å²) in [5, 5.41) is 3.87. The van der Waals surface area contributed by atoms with Crippen LogP contribution in [0.4, 0.5) is 0 Å². The van der Waals surface area contributed by atoms with Crippen LogP contribution in [0.1, 0.15) is 25.3 Å². The molecule has 3 heteroatoms. The third-order valence-electron chi connectivity index (χ3n) is 1.43. The van der Waals surface area contributed by atoms with E-state index in [4.69, 9.17) is 10.3 Å². The van der Waals surface area contributed by atoms with E-state index in [1.165, 1.54) is 0 Å². The summed E-state index contributed by atoms with van der Waals surface area (Å²) in [6.45, 7) is 4.73. The molecule has 0 aromatic carbocycles. The molecular weight excluding hydrogens is 140 g/mol. The van der Waals surface area contributed by atoms with Gasteiger partial charge >= 0.3 is 0 Å². The molecular formula is C8H14N2O. The zero-order chi connectivity index (χ0) is 8.27. The van der Waals surface area contributed by atoms with E-state index in [-0.39, 0.29) is 0 Å². The van der Waals surface area contributed by atoms with Gasteiger partial charge in [-0.2, -0.15) is 0 Å². The van der Waals surface area contributed by atoms with E-state index in [0.717, 1.165) is 17.9 Å². The highest BCUT2D eigenvalue weighted by atomic mass is 16.5. The van der Waals surface area contributed by atoms with E-state index < -0.39 is 0 Å². The van der Waals surface area contributed by atoms with Gasteiger partial charge in [-0.05, 0) is 12.3 Å². The first-order chi connectivity index (χ1) is 5.22. The van der Waals surface area contributed by atoms with Crippen LogP contribution >= 0.6 is 0 Å². The van der Waals surface area contributed by atoms with Gasteiger partial charge in [0.05, 0.1) is 12.2 Å². The van der Waals surface area contributed by atoms with Crippen LogP contribution in [0.2, 0.25) is 0 Å². The van der Waals surface area contributed by atoms with Gasteiger partial charge in [-0.15, -0.1) is 0 Å². The van der Waals surface area contributed by atoms with Gasteiger partial charge in [0.2, 0.25) is 0 Å². The van der Waals surface area contributed by atoms with Crippen molar-refractivity contribution in [2.75, 3.05) is 0 Å². The molecule has 1 heterocycles. The van der Waals surface area contributed by atoms with Gasteiger partial charge in [0, 0.05) is 6.07 Å². The Bertz CT molecular complexity index is 218. The van der Waals surface area contributed by atoms with Crippen molar-refractivity contribution >= 4 is 0 Å². The molecule has 0 spiro atoms. The number of hydrogen-bond acceptors (Lipinski definition) is 3. The molecule has 0 unspecified atom stereocenters. The zero-order valence-corrected chi connectivity index (χ0v) is 7.00. The van der Waals surface area contributed by atoms with Crippen LogP contribution < -0.4 is 5.73 Å². The average molecular weight is 154 g/mol. The van der Waals surface area contributed by atoms with Gasteiger partial charge in [-0.25, -0.2) is 0 Å². The topological polar surface area (TPSA) is 52.0 Å². The normalized spacial score (nSPS) is 10.9. The minimum Gasteiger partial charge on any atom is -0.360 e. The maximum absolute atomic E-state index is 5.36. The summed E-state index contributed by atoms with van der Waals surface area (Å²) >= 11 is 0. The standard InChI is InChI=1S/C8H14N2O/c1-6(2)3-7-4-8(5-9)11-10-7/h4,6H,3,5,9H2,1-2H3. The summed E-state index contributed by atoms with van der Waals surface area (Å²) in [7, 11) is 0. The van der Waals surface area contributed by atoms with Crippen molar-refractivity contribution in [2.24, 2.45) is 11.7 Å². The molecule has 0 aliphatic heterocycles. The number of hydrogen-bond donors (Lipinski definition) is 1. The summed E-state index contributed by atoms with van der Waals surface area (Å²) in [4.78, 5) is 0. The monoisotopic (exact) mass is 154 g/mol. The summed E-state index contributed by atoms with van der Waals surface area (Å²) in [6, 6.07) is 1.92. The molecule has 1 aromatic rings. The van der Waals surface area contributed by atoms with Crippen molar-refractivity contribution in [3.05, 3.63) is 17.5 Å². The molecule has 0 amide bonds. The number of rotatable bonds is 3. The van der Waals surface area contributed by atoms with Gasteiger partial charge in [0.1, 0.15) is 0 Å². The quantitative estimate of drug-likeness (QED) is 0.714. The minimum atomic E-state index is 0.436. The molecule has 1 rings (SSSR count). The zero-order valence-electron chi connectivity index (χ0n) is 7.00. The van der Waals surface area contributed by atoms with Crippen molar-refractivity contribution in [3.63, 3.8) is 0 Å². The molecule has 0 saturated heterocycles. The van der Waals surface area contributed by atoms with Crippen LogP contribution in [0.5, 0.6) is 0 Å². The SMILES string of the molecule is CC(C)Cc1cc(CN)on1. The Hall–Kier alpha value is -0.830. The maximum atomic E-state index is 5.36. The molecule has 0 radical (unpaired) electrons. The third kappa shape index (κ3) is 2.35. The number of nitrogens with two attached hydrogens (primary N) is 1. The minimum absolute atomic E-state index is 0.436. The average Bonchev–Trinajstić information content (AvgIpc) is 2.34. The van der Waals surface area contributed by atoms with Gasteiger partial charge in [-0.3, -0.25) is 0 Å². The lowest BCUT2D eigenvalue weighted by Crippen LogP contribution is -1.94.